The zero-order chi connectivity index (χ0) is 36.4. The molecule has 2 aliphatic rings. The van der Waals surface area contributed by atoms with Gasteiger partial charge in [-0.25, -0.2) is 35.2 Å². The highest BCUT2D eigenvalue weighted by molar-refractivity contribution is 7.16. The second kappa shape index (κ2) is 11.6. The van der Waals surface area contributed by atoms with E-state index in [0.717, 1.165) is 22.3 Å². The fraction of sp³-hybridized carbons (Fsp3) is 0. The molecule has 0 aliphatic heterocycles. The molecule has 3 aromatic heterocycles. The van der Waals surface area contributed by atoms with Crippen LogP contribution in [-0.2, 0) is 0 Å². The fourth-order valence-corrected chi connectivity index (χ4v) is 8.52. The summed E-state index contributed by atoms with van der Waals surface area (Å²) in [6.07, 6.45) is 0. The van der Waals surface area contributed by atoms with Crippen molar-refractivity contribution in [2.75, 3.05) is 0 Å². The predicted octanol–water partition coefficient (Wildman–Crippen LogP) is 9.76. The fourth-order valence-electron chi connectivity index (χ4n) is 7.07. The third-order valence-corrected chi connectivity index (χ3v) is 10.5. The summed E-state index contributed by atoms with van der Waals surface area (Å²) in [5, 5.41) is 31.5. The summed E-state index contributed by atoms with van der Waals surface area (Å²) in [5.74, 6) is 0.896. The molecular weight excluding hydrogens is 677 g/mol. The Morgan fingerprint density at radius 3 is 1.60 bits per heavy atom. The van der Waals surface area contributed by atoms with Crippen molar-refractivity contribution in [1.29, 1.82) is 15.8 Å². The molecule has 0 saturated carbocycles. The number of fused-ring (bicyclic) bond motifs is 9. The number of allylic oxidation sites excluding steroid dienone is 2. The Morgan fingerprint density at radius 2 is 1.09 bits per heavy atom. The minimum atomic E-state index is -0.102. The zero-order valence-electron chi connectivity index (χ0n) is 27.0. The summed E-state index contributed by atoms with van der Waals surface area (Å²) in [6, 6.07) is 32.1. The second-order valence-corrected chi connectivity index (χ2v) is 13.0. The molecule has 0 N–H and O–H groups in total. The third-order valence-electron chi connectivity index (χ3n) is 9.30. The van der Waals surface area contributed by atoms with Crippen molar-refractivity contribution in [3.05, 3.63) is 157 Å². The summed E-state index contributed by atoms with van der Waals surface area (Å²) < 4.78 is 0. The van der Waals surface area contributed by atoms with Crippen LogP contribution in [0.3, 0.4) is 0 Å². The quantitative estimate of drug-likeness (QED) is 0.130. The Bertz CT molecular complexity index is 2950. The number of para-hydroxylation sites is 2. The third kappa shape index (κ3) is 4.38. The maximum absolute atomic E-state index is 10.2. The first-order valence-corrected chi connectivity index (χ1v) is 16.7. The number of benzene rings is 4. The van der Waals surface area contributed by atoms with Gasteiger partial charge in [0, 0.05) is 53.9 Å². The van der Waals surface area contributed by atoms with Crippen molar-refractivity contribution in [1.82, 2.24) is 19.9 Å². The van der Waals surface area contributed by atoms with Crippen LogP contribution in [0.25, 0.3) is 92.5 Å². The van der Waals surface area contributed by atoms with E-state index >= 15 is 0 Å². The molecule has 11 heteroatoms. The van der Waals surface area contributed by atoms with Crippen molar-refractivity contribution in [2.45, 2.75) is 0 Å². The van der Waals surface area contributed by atoms with E-state index in [1.807, 2.05) is 72.8 Å². The number of nitrogens with zero attached hydrogens (tertiary/aromatic N) is 10. The topological polar surface area (TPSA) is 136 Å². The largest absolute Gasteiger partial charge is 0.360 e. The van der Waals surface area contributed by atoms with Gasteiger partial charge in [0.25, 0.3) is 23.0 Å². The number of aromatic nitrogens is 4. The van der Waals surface area contributed by atoms with Gasteiger partial charge in [-0.3, -0.25) is 0 Å². The first-order valence-electron chi connectivity index (χ1n) is 15.8. The molecule has 0 saturated heterocycles. The molecule has 0 unspecified atom stereocenters. The Labute approximate surface area is 305 Å². The van der Waals surface area contributed by atoms with Crippen molar-refractivity contribution < 1.29 is 0 Å². The SMILES string of the molecule is [C-]#[N+]/C(C#N)=C1/c2cc(-c3nc(C#N)c4ccccc4n3)ccc2-c2c1sc1c2-c2ccc(-c3nc([N+]#[C-])c4ccccc4n3)cc2/C1=C(/C#N)[N+]#[C-]. The van der Waals surface area contributed by atoms with Gasteiger partial charge in [-0.15, -0.1) is 11.3 Å². The minimum absolute atomic E-state index is 0.100. The average molecular weight is 691 g/mol. The van der Waals surface area contributed by atoms with Crippen LogP contribution in [0.4, 0.5) is 5.82 Å². The normalized spacial score (nSPS) is 13.6. The molecule has 0 fully saturated rings. The predicted molar refractivity (Wildman–Crippen MR) is 200 cm³/mol. The highest BCUT2D eigenvalue weighted by Gasteiger charge is 2.39. The number of thiophene rings is 1. The molecule has 2 aliphatic carbocycles. The molecule has 9 rings (SSSR count). The van der Waals surface area contributed by atoms with E-state index in [2.05, 4.69) is 42.7 Å². The summed E-state index contributed by atoms with van der Waals surface area (Å²) in [4.78, 5) is 30.8. The van der Waals surface area contributed by atoms with Gasteiger partial charge in [-0.05, 0) is 58.7 Å². The van der Waals surface area contributed by atoms with Crippen LogP contribution in [0.5, 0.6) is 0 Å². The van der Waals surface area contributed by atoms with Crippen LogP contribution < -0.4 is 0 Å². The molecule has 0 radical (unpaired) electrons. The molecule has 3 heterocycles. The minimum Gasteiger partial charge on any atom is -0.360 e. The molecule has 0 atom stereocenters. The molecule has 4 aromatic carbocycles. The molecule has 0 amide bonds. The van der Waals surface area contributed by atoms with Crippen molar-refractivity contribution in [3.63, 3.8) is 0 Å². The van der Waals surface area contributed by atoms with E-state index in [-0.39, 0.29) is 22.9 Å². The molecule has 53 heavy (non-hydrogen) atoms. The molecule has 10 nitrogen and oxygen atoms in total. The van der Waals surface area contributed by atoms with Crippen LogP contribution in [0.15, 0.2) is 96.3 Å². The summed E-state index contributed by atoms with van der Waals surface area (Å²) in [6.45, 7) is 23.6. The molecule has 7 aromatic rings. The average Bonchev–Trinajstić information content (AvgIpc) is 3.83. The van der Waals surface area contributed by atoms with Gasteiger partial charge in [0.15, 0.2) is 11.5 Å². The Balaban J connectivity index is 1.28. The van der Waals surface area contributed by atoms with Crippen molar-refractivity contribution >= 4 is 50.1 Å². The molecule has 0 spiro atoms. The summed E-state index contributed by atoms with van der Waals surface area (Å²) in [5.41, 5.74) is 7.81. The van der Waals surface area contributed by atoms with E-state index in [0.29, 0.717) is 76.6 Å². The smallest absolute Gasteiger partial charge is 0.281 e. The van der Waals surface area contributed by atoms with E-state index in [1.165, 1.54) is 11.3 Å². The Kier molecular flexibility index (Phi) is 6.75. The van der Waals surface area contributed by atoms with E-state index in [9.17, 15) is 15.8 Å². The van der Waals surface area contributed by atoms with Crippen molar-refractivity contribution in [2.24, 2.45) is 0 Å². The zero-order valence-corrected chi connectivity index (χ0v) is 27.8. The van der Waals surface area contributed by atoms with Gasteiger partial charge >= 0.3 is 0 Å². The van der Waals surface area contributed by atoms with Gasteiger partial charge in [0.2, 0.25) is 0 Å². The summed E-state index contributed by atoms with van der Waals surface area (Å²) in [7, 11) is 0. The molecule has 0 bridgehead atoms. The van der Waals surface area contributed by atoms with Crippen LogP contribution >= 0.6 is 11.3 Å². The summed E-state index contributed by atoms with van der Waals surface area (Å²) >= 11 is 1.33. The highest BCUT2D eigenvalue weighted by Crippen LogP contribution is 2.62. The van der Waals surface area contributed by atoms with Gasteiger partial charge in [-0.1, -0.05) is 60.1 Å². The van der Waals surface area contributed by atoms with Crippen LogP contribution in [0.2, 0.25) is 0 Å². The molecule has 238 valence electrons. The van der Waals surface area contributed by atoms with Crippen LogP contribution in [0.1, 0.15) is 26.6 Å². The first kappa shape index (κ1) is 30.7. The van der Waals surface area contributed by atoms with E-state index in [4.69, 9.17) is 29.7 Å². The number of nitriles is 3. The van der Waals surface area contributed by atoms with E-state index in [1.54, 1.807) is 12.1 Å². The van der Waals surface area contributed by atoms with Gasteiger partial charge in [0.1, 0.15) is 6.07 Å². The van der Waals surface area contributed by atoms with Crippen LogP contribution in [0, 0.1) is 53.7 Å². The lowest BCUT2D eigenvalue weighted by atomic mass is 9.96. The maximum Gasteiger partial charge on any atom is 0.281 e. The van der Waals surface area contributed by atoms with Crippen molar-refractivity contribution in [3.8, 4) is 63.2 Å². The van der Waals surface area contributed by atoms with Gasteiger partial charge < -0.3 is 4.85 Å². The van der Waals surface area contributed by atoms with Gasteiger partial charge in [-0.2, -0.15) is 5.26 Å². The second-order valence-electron chi connectivity index (χ2n) is 12.0. The highest BCUT2D eigenvalue weighted by atomic mass is 32.1. The Morgan fingerprint density at radius 1 is 0.585 bits per heavy atom. The van der Waals surface area contributed by atoms with E-state index < -0.39 is 0 Å². The lowest BCUT2D eigenvalue weighted by molar-refractivity contribution is 1.20. The number of rotatable bonds is 2. The first-order chi connectivity index (χ1) is 26.0. The number of hydrogen-bond acceptors (Lipinski definition) is 8. The standard InChI is InChI=1S/C42H14N10S/c1-46-32(19-44)34-27-16-21(40-49-29-10-6-4-8-25(29)31(18-43)51-40)12-14-23(27)36-37-24-15-13-22(41-50-30-11-7-5-9-26(30)42(48-3)52-41)17-28(24)35(33(20-45)47-2)39(37)53-38(34)36/h4-17H/b34-32-,35-33+. The lowest BCUT2D eigenvalue weighted by Crippen LogP contribution is -1.96. The molecular formula is C42H14N10S. The number of hydrogen-bond donors (Lipinski definition) is 0. The Hall–Kier alpha value is -8.32. The lowest BCUT2D eigenvalue weighted by Gasteiger charge is -2.09. The maximum atomic E-state index is 10.2. The monoisotopic (exact) mass is 690 g/mol. The van der Waals surface area contributed by atoms with Gasteiger partial charge in [0.05, 0.1) is 36.3 Å². The van der Waals surface area contributed by atoms with Crippen LogP contribution in [-0.4, -0.2) is 19.9 Å².